The summed E-state index contributed by atoms with van der Waals surface area (Å²) in [5, 5.41) is 3.39. The predicted molar refractivity (Wildman–Crippen MR) is 68.4 cm³/mol. The summed E-state index contributed by atoms with van der Waals surface area (Å²) in [7, 11) is 0. The van der Waals surface area contributed by atoms with Crippen molar-refractivity contribution >= 4 is 0 Å². The molecule has 0 saturated heterocycles. The Kier molecular flexibility index (Phi) is 3.36. The molecule has 1 radical (unpaired) electrons. The van der Waals surface area contributed by atoms with Crippen molar-refractivity contribution in [2.45, 2.75) is 6.18 Å². The first-order valence-corrected chi connectivity index (χ1v) is 6.08. The Balaban J connectivity index is 1.97. The summed E-state index contributed by atoms with van der Waals surface area (Å²) in [5.41, 5.74) is -0.0538. The summed E-state index contributed by atoms with van der Waals surface area (Å²) in [6.07, 6.45) is -0.886. The van der Waals surface area contributed by atoms with Crippen LogP contribution < -0.4 is 0 Å². The molecular weight excluding hydrogens is 300 g/mol. The summed E-state index contributed by atoms with van der Waals surface area (Å²) >= 11 is 0. The third-order valence-corrected chi connectivity index (χ3v) is 2.81. The molecule has 0 amide bonds. The van der Waals surface area contributed by atoms with Gasteiger partial charge in [-0.15, -0.1) is 0 Å². The molecule has 3 rings (SSSR count). The minimum Gasteiger partial charge on any atom is -0.211 e. The van der Waals surface area contributed by atoms with E-state index in [2.05, 4.69) is 21.3 Å². The van der Waals surface area contributed by atoms with Crippen molar-refractivity contribution < 1.29 is 17.6 Å². The van der Waals surface area contributed by atoms with E-state index in [0.717, 1.165) is 16.9 Å². The number of alkyl halides is 3. The third-order valence-electron chi connectivity index (χ3n) is 2.81. The van der Waals surface area contributed by atoms with Crippen LogP contribution in [0.3, 0.4) is 0 Å². The number of rotatable bonds is 2. The summed E-state index contributed by atoms with van der Waals surface area (Å²) in [5.74, 6) is -0.457. The Morgan fingerprint density at radius 1 is 1.05 bits per heavy atom. The highest BCUT2D eigenvalue weighted by Crippen LogP contribution is 2.27. The van der Waals surface area contributed by atoms with Crippen LogP contribution in [0, 0.1) is 12.0 Å². The van der Waals surface area contributed by atoms with Crippen molar-refractivity contribution in [1.29, 1.82) is 0 Å². The van der Waals surface area contributed by atoms with E-state index in [0.29, 0.717) is 11.3 Å². The number of hydrogen-bond donors (Lipinski definition) is 0. The molecule has 4 nitrogen and oxygen atoms in total. The van der Waals surface area contributed by atoms with Crippen molar-refractivity contribution in [1.82, 2.24) is 19.7 Å². The molecule has 3 aromatic rings. The molecule has 111 valence electrons. The van der Waals surface area contributed by atoms with Gasteiger partial charge in [-0.25, -0.2) is 19.0 Å². The van der Waals surface area contributed by atoms with Gasteiger partial charge in [-0.3, -0.25) is 0 Å². The van der Waals surface area contributed by atoms with E-state index in [-0.39, 0.29) is 5.95 Å². The molecule has 0 bridgehead atoms. The molecule has 8 heteroatoms. The van der Waals surface area contributed by atoms with Crippen molar-refractivity contribution in [3.05, 3.63) is 60.3 Å². The van der Waals surface area contributed by atoms with E-state index in [1.807, 2.05) is 0 Å². The number of benzene rings is 1. The van der Waals surface area contributed by atoms with Gasteiger partial charge in [-0.2, -0.15) is 18.3 Å². The Labute approximate surface area is 122 Å². The molecule has 0 unspecified atom stereocenters. The zero-order valence-corrected chi connectivity index (χ0v) is 10.8. The van der Waals surface area contributed by atoms with E-state index in [4.69, 9.17) is 0 Å². The van der Waals surface area contributed by atoms with Gasteiger partial charge in [0.2, 0.25) is 0 Å². The van der Waals surface area contributed by atoms with Crippen LogP contribution in [0.25, 0.3) is 17.2 Å². The first-order chi connectivity index (χ1) is 10.4. The van der Waals surface area contributed by atoms with Gasteiger partial charge in [-0.1, -0.05) is 0 Å². The van der Waals surface area contributed by atoms with Gasteiger partial charge < -0.3 is 0 Å². The number of nitrogens with zero attached hydrogens (tertiary/aromatic N) is 4. The average Bonchev–Trinajstić information content (AvgIpc) is 2.98. The van der Waals surface area contributed by atoms with Crippen molar-refractivity contribution in [3.8, 4) is 17.2 Å². The maximum atomic E-state index is 12.9. The highest BCUT2D eigenvalue weighted by Gasteiger charge is 2.33. The van der Waals surface area contributed by atoms with Crippen LogP contribution in [-0.2, 0) is 6.18 Å². The molecule has 0 aliphatic rings. The van der Waals surface area contributed by atoms with E-state index in [1.165, 1.54) is 30.3 Å². The molecular formula is C14H7F4N4. The Hall–Kier alpha value is -2.77. The molecule has 0 spiro atoms. The average molecular weight is 307 g/mol. The monoisotopic (exact) mass is 307 g/mol. The van der Waals surface area contributed by atoms with Crippen molar-refractivity contribution in [2.75, 3.05) is 0 Å². The minimum absolute atomic E-state index is 0.0580. The zero-order chi connectivity index (χ0) is 15.7. The lowest BCUT2D eigenvalue weighted by atomic mass is 10.1. The van der Waals surface area contributed by atoms with E-state index >= 15 is 0 Å². The highest BCUT2D eigenvalue weighted by atomic mass is 19.4. The fraction of sp³-hybridized carbons (Fsp3) is 0.0714. The lowest BCUT2D eigenvalue weighted by molar-refractivity contribution is -0.141. The normalized spacial score (nSPS) is 11.6. The largest absolute Gasteiger partial charge is 0.435 e. The van der Waals surface area contributed by atoms with E-state index in [1.54, 1.807) is 0 Å². The number of hydrogen-bond acceptors (Lipinski definition) is 3. The molecule has 0 fully saturated rings. The second-order valence-electron chi connectivity index (χ2n) is 4.33. The van der Waals surface area contributed by atoms with Crippen molar-refractivity contribution in [2.24, 2.45) is 0 Å². The van der Waals surface area contributed by atoms with Gasteiger partial charge in [0.1, 0.15) is 5.82 Å². The van der Waals surface area contributed by atoms with Gasteiger partial charge in [0.25, 0.3) is 5.95 Å². The molecule has 2 aromatic heterocycles. The minimum atomic E-state index is -4.54. The smallest absolute Gasteiger partial charge is 0.211 e. The third kappa shape index (κ3) is 2.80. The quantitative estimate of drug-likeness (QED) is 0.682. The lowest BCUT2D eigenvalue weighted by Gasteiger charge is -2.04. The van der Waals surface area contributed by atoms with Gasteiger partial charge in [-0.05, 0) is 36.4 Å². The molecule has 0 N–H and O–H groups in total. The van der Waals surface area contributed by atoms with Crippen LogP contribution in [0.15, 0.2) is 42.6 Å². The van der Waals surface area contributed by atoms with Crippen LogP contribution in [0.1, 0.15) is 5.69 Å². The Morgan fingerprint density at radius 3 is 2.41 bits per heavy atom. The zero-order valence-electron chi connectivity index (χ0n) is 10.8. The number of aromatic nitrogens is 4. The summed E-state index contributed by atoms with van der Waals surface area (Å²) in [6.45, 7) is 0. The van der Waals surface area contributed by atoms with Gasteiger partial charge in [0.05, 0.1) is 11.9 Å². The Morgan fingerprint density at radius 2 is 1.77 bits per heavy atom. The van der Waals surface area contributed by atoms with E-state index in [9.17, 15) is 17.6 Å². The fourth-order valence-electron chi connectivity index (χ4n) is 1.77. The molecule has 0 saturated carbocycles. The molecule has 2 heterocycles. The van der Waals surface area contributed by atoms with Crippen LogP contribution in [-0.4, -0.2) is 19.7 Å². The van der Waals surface area contributed by atoms with Crippen LogP contribution >= 0.6 is 0 Å². The second kappa shape index (κ2) is 5.21. The summed E-state index contributed by atoms with van der Waals surface area (Å²) in [4.78, 5) is 7.88. The molecule has 1 aromatic carbocycles. The lowest BCUT2D eigenvalue weighted by Crippen LogP contribution is -2.08. The second-order valence-corrected chi connectivity index (χ2v) is 4.33. The highest BCUT2D eigenvalue weighted by molar-refractivity contribution is 5.58. The van der Waals surface area contributed by atoms with Crippen LogP contribution in [0.5, 0.6) is 0 Å². The van der Waals surface area contributed by atoms with Crippen molar-refractivity contribution in [3.63, 3.8) is 0 Å². The number of halogens is 4. The topological polar surface area (TPSA) is 43.6 Å². The standard InChI is InChI=1S/C14H7F4N4/c15-10-3-1-9(2-4-10)11-5-7-19-13(20-11)22-8-6-12(21-22)14(16,17)18/h1-6,8H. The maximum absolute atomic E-state index is 12.9. The van der Waals surface area contributed by atoms with Gasteiger partial charge in [0.15, 0.2) is 5.69 Å². The predicted octanol–water partition coefficient (Wildman–Crippen LogP) is 3.29. The summed E-state index contributed by atoms with van der Waals surface area (Å²) in [6, 6.07) is 7.79. The molecule has 0 aliphatic heterocycles. The SMILES string of the molecule is Fc1ccc(-c2c[c]nc(-n3ccc(C(F)(F)F)n3)n2)cc1. The van der Waals surface area contributed by atoms with Gasteiger partial charge >= 0.3 is 6.18 Å². The van der Waals surface area contributed by atoms with Gasteiger partial charge in [0, 0.05) is 11.8 Å². The first-order valence-electron chi connectivity index (χ1n) is 6.08. The Bertz CT molecular complexity index is 793. The van der Waals surface area contributed by atoms with Crippen LogP contribution in [0.2, 0.25) is 0 Å². The molecule has 0 atom stereocenters. The first kappa shape index (κ1) is 14.2. The van der Waals surface area contributed by atoms with E-state index < -0.39 is 17.7 Å². The molecule has 0 aliphatic carbocycles. The maximum Gasteiger partial charge on any atom is 0.435 e. The summed E-state index contributed by atoms with van der Waals surface area (Å²) < 4.78 is 51.4. The van der Waals surface area contributed by atoms with Crippen LogP contribution in [0.4, 0.5) is 17.6 Å². The fourth-order valence-corrected chi connectivity index (χ4v) is 1.77. The molecule has 22 heavy (non-hydrogen) atoms.